The second kappa shape index (κ2) is 6.30. The fourth-order valence-electron chi connectivity index (χ4n) is 2.80. The Morgan fingerprint density at radius 1 is 1.11 bits per heavy atom. The molecule has 9 heteroatoms. The van der Waals surface area contributed by atoms with Gasteiger partial charge in [0.1, 0.15) is 23.2 Å². The number of halogens is 1. The first kappa shape index (κ1) is 16.9. The molecule has 0 aliphatic rings. The monoisotopic (exact) mass is 376 g/mol. The minimum atomic E-state index is 0.0365. The highest BCUT2D eigenvalue weighted by atomic mass is 35.5. The summed E-state index contributed by atoms with van der Waals surface area (Å²) in [5.74, 6) is 0.0365. The molecule has 0 aliphatic heterocycles. The van der Waals surface area contributed by atoms with E-state index in [9.17, 15) is 5.26 Å². The number of aromatic amines is 1. The number of H-pyrrole nitrogens is 1. The summed E-state index contributed by atoms with van der Waals surface area (Å²) in [7, 11) is 0. The molecule has 0 saturated heterocycles. The molecule has 0 fully saturated rings. The second-order valence-corrected chi connectivity index (χ2v) is 6.47. The molecule has 3 aromatic heterocycles. The van der Waals surface area contributed by atoms with Crippen LogP contribution in [0.3, 0.4) is 0 Å². The molecular formula is C18H13ClN8. The number of hydrogen-bond donors (Lipinski definition) is 2. The van der Waals surface area contributed by atoms with E-state index in [1.54, 1.807) is 18.5 Å². The molecule has 0 saturated carbocycles. The predicted molar refractivity (Wildman–Crippen MR) is 102 cm³/mol. The molecule has 4 rings (SSSR count). The molecule has 0 radical (unpaired) electrons. The summed E-state index contributed by atoms with van der Waals surface area (Å²) in [6.07, 6.45) is 3.34. The highest BCUT2D eigenvalue weighted by molar-refractivity contribution is 6.35. The molecule has 0 spiro atoms. The Balaban J connectivity index is 2.06. The van der Waals surface area contributed by atoms with E-state index in [2.05, 4.69) is 30.4 Å². The maximum Gasteiger partial charge on any atom is 0.183 e. The van der Waals surface area contributed by atoms with Crippen LogP contribution in [0.4, 0.5) is 5.82 Å². The van der Waals surface area contributed by atoms with E-state index < -0.39 is 0 Å². The molecule has 1 aromatic carbocycles. The summed E-state index contributed by atoms with van der Waals surface area (Å²) in [4.78, 5) is 8.85. The Morgan fingerprint density at radius 3 is 2.70 bits per heavy atom. The maximum atomic E-state index is 9.34. The quantitative estimate of drug-likeness (QED) is 0.549. The average molecular weight is 377 g/mol. The van der Waals surface area contributed by atoms with Crippen LogP contribution < -0.4 is 5.73 Å². The molecule has 0 aliphatic carbocycles. The first-order valence-electron chi connectivity index (χ1n) is 7.99. The van der Waals surface area contributed by atoms with Gasteiger partial charge in [-0.2, -0.15) is 15.5 Å². The number of nitrogens with zero attached hydrogens (tertiary/aromatic N) is 6. The Hall–Kier alpha value is -3.57. The maximum absolute atomic E-state index is 9.34. The molecule has 0 atom stereocenters. The van der Waals surface area contributed by atoms with Crippen molar-refractivity contribution in [1.82, 2.24) is 30.4 Å². The van der Waals surface area contributed by atoms with Crippen molar-refractivity contribution in [3.63, 3.8) is 0 Å². The number of fused-ring (bicyclic) bond motifs is 1. The normalized spacial score (nSPS) is 10.9. The fraction of sp³-hybridized carbons (Fsp3) is 0.111. The zero-order valence-corrected chi connectivity index (χ0v) is 15.2. The molecule has 3 heterocycles. The molecule has 0 unspecified atom stereocenters. The van der Waals surface area contributed by atoms with Crippen LogP contribution in [-0.4, -0.2) is 30.4 Å². The highest BCUT2D eigenvalue weighted by Crippen LogP contribution is 2.35. The minimum Gasteiger partial charge on any atom is -0.381 e. The molecule has 132 valence electrons. The van der Waals surface area contributed by atoms with Gasteiger partial charge in [0.25, 0.3) is 0 Å². The van der Waals surface area contributed by atoms with Crippen LogP contribution in [0.5, 0.6) is 0 Å². The zero-order valence-electron chi connectivity index (χ0n) is 14.4. The van der Waals surface area contributed by atoms with E-state index in [0.29, 0.717) is 27.7 Å². The summed E-state index contributed by atoms with van der Waals surface area (Å²) in [5.41, 5.74) is 10.7. The summed E-state index contributed by atoms with van der Waals surface area (Å²) in [5, 5.41) is 25.7. The van der Waals surface area contributed by atoms with Crippen molar-refractivity contribution in [1.29, 1.82) is 5.26 Å². The Bertz CT molecular complexity index is 1240. The van der Waals surface area contributed by atoms with Crippen LogP contribution in [0, 0.1) is 25.2 Å². The number of nitriles is 1. The van der Waals surface area contributed by atoms with Crippen molar-refractivity contribution in [2.75, 3.05) is 5.73 Å². The number of anilines is 1. The number of aromatic nitrogens is 6. The predicted octanol–water partition coefficient (Wildman–Crippen LogP) is 3.20. The summed E-state index contributed by atoms with van der Waals surface area (Å²) >= 11 is 6.38. The van der Waals surface area contributed by atoms with E-state index >= 15 is 0 Å². The number of nitrogen functional groups attached to an aromatic ring is 1. The summed E-state index contributed by atoms with van der Waals surface area (Å²) < 4.78 is 0. The van der Waals surface area contributed by atoms with Gasteiger partial charge in [-0.3, -0.25) is 5.10 Å². The van der Waals surface area contributed by atoms with E-state index in [0.717, 1.165) is 22.0 Å². The Morgan fingerprint density at radius 2 is 1.93 bits per heavy atom. The van der Waals surface area contributed by atoms with E-state index in [1.165, 1.54) is 0 Å². The number of aryl methyl sites for hydroxylation is 1. The molecule has 27 heavy (non-hydrogen) atoms. The van der Waals surface area contributed by atoms with Crippen LogP contribution in [0.15, 0.2) is 24.5 Å². The lowest BCUT2D eigenvalue weighted by Gasteiger charge is -2.12. The van der Waals surface area contributed by atoms with Gasteiger partial charge in [-0.1, -0.05) is 11.6 Å². The van der Waals surface area contributed by atoms with Gasteiger partial charge in [0.2, 0.25) is 0 Å². The van der Waals surface area contributed by atoms with Crippen LogP contribution in [0.2, 0.25) is 5.02 Å². The molecule has 0 bridgehead atoms. The third-order valence-electron chi connectivity index (χ3n) is 4.38. The number of nitrogens with two attached hydrogens (primary N) is 1. The molecule has 0 amide bonds. The summed E-state index contributed by atoms with van der Waals surface area (Å²) in [6, 6.07) is 5.58. The highest BCUT2D eigenvalue weighted by Gasteiger charge is 2.20. The van der Waals surface area contributed by atoms with Gasteiger partial charge in [0.15, 0.2) is 11.5 Å². The van der Waals surface area contributed by atoms with E-state index in [4.69, 9.17) is 17.3 Å². The Kier molecular flexibility index (Phi) is 3.94. The number of rotatable bonds is 2. The second-order valence-electron chi connectivity index (χ2n) is 6.06. The first-order valence-corrected chi connectivity index (χ1v) is 8.37. The SMILES string of the molecule is Cc1cnnc(-c2nc(N)c(C#N)nc2-c2cc(Cl)c3[nH]ncc3c2)c1C. The van der Waals surface area contributed by atoms with Crippen molar-refractivity contribution < 1.29 is 0 Å². The van der Waals surface area contributed by atoms with Gasteiger partial charge in [-0.25, -0.2) is 9.97 Å². The third kappa shape index (κ3) is 2.74. The van der Waals surface area contributed by atoms with Crippen LogP contribution in [0.1, 0.15) is 16.8 Å². The van der Waals surface area contributed by atoms with Crippen LogP contribution >= 0.6 is 11.6 Å². The lowest BCUT2D eigenvalue weighted by molar-refractivity contribution is 0.991. The van der Waals surface area contributed by atoms with Gasteiger partial charge in [-0.05, 0) is 37.1 Å². The first-order chi connectivity index (χ1) is 13.0. The zero-order chi connectivity index (χ0) is 19.1. The summed E-state index contributed by atoms with van der Waals surface area (Å²) in [6.45, 7) is 3.85. The number of hydrogen-bond acceptors (Lipinski definition) is 7. The van der Waals surface area contributed by atoms with E-state index in [-0.39, 0.29) is 11.5 Å². The standard InChI is InChI=1S/C18H13ClN8/c1-8-6-22-26-14(9(8)2)17-16(24-13(5-20)18(21)25-17)10-3-11-7-23-27-15(11)12(19)4-10/h3-4,6-7H,1-2H3,(H2,21,25)(H,23,27). The van der Waals surface area contributed by atoms with Crippen molar-refractivity contribution in [2.24, 2.45) is 0 Å². The van der Waals surface area contributed by atoms with Gasteiger partial charge in [0, 0.05) is 10.9 Å². The van der Waals surface area contributed by atoms with Crippen LogP contribution in [0.25, 0.3) is 33.5 Å². The van der Waals surface area contributed by atoms with Gasteiger partial charge < -0.3 is 5.73 Å². The lowest BCUT2D eigenvalue weighted by atomic mass is 10.0. The minimum absolute atomic E-state index is 0.0365. The molecule has 4 aromatic rings. The number of benzene rings is 1. The average Bonchev–Trinajstić information content (AvgIpc) is 3.13. The molecular weight excluding hydrogens is 364 g/mol. The van der Waals surface area contributed by atoms with Crippen molar-refractivity contribution in [3.05, 3.63) is 46.4 Å². The molecule has 3 N–H and O–H groups in total. The Labute approximate surface area is 159 Å². The number of nitrogens with one attached hydrogen (secondary N) is 1. The van der Waals surface area contributed by atoms with Gasteiger partial charge in [0.05, 0.1) is 22.9 Å². The van der Waals surface area contributed by atoms with Gasteiger partial charge in [-0.15, -0.1) is 5.10 Å². The van der Waals surface area contributed by atoms with E-state index in [1.807, 2.05) is 26.0 Å². The van der Waals surface area contributed by atoms with Gasteiger partial charge >= 0.3 is 0 Å². The molecule has 8 nitrogen and oxygen atoms in total. The fourth-order valence-corrected chi connectivity index (χ4v) is 3.07. The van der Waals surface area contributed by atoms with Crippen molar-refractivity contribution >= 4 is 28.3 Å². The third-order valence-corrected chi connectivity index (χ3v) is 4.68. The topological polar surface area (TPSA) is 130 Å². The van der Waals surface area contributed by atoms with Crippen LogP contribution in [-0.2, 0) is 0 Å². The van der Waals surface area contributed by atoms with Crippen molar-refractivity contribution in [2.45, 2.75) is 13.8 Å². The smallest absolute Gasteiger partial charge is 0.183 e. The lowest BCUT2D eigenvalue weighted by Crippen LogP contribution is -2.06. The van der Waals surface area contributed by atoms with Crippen molar-refractivity contribution in [3.8, 4) is 28.7 Å². The largest absolute Gasteiger partial charge is 0.381 e.